The summed E-state index contributed by atoms with van der Waals surface area (Å²) in [5, 5.41) is 0.313. The monoisotopic (exact) mass is 658 g/mol. The molecule has 1 aliphatic rings. The zero-order valence-corrected chi connectivity index (χ0v) is 29.0. The van der Waals surface area contributed by atoms with Gasteiger partial charge in [-0.25, -0.2) is 14.0 Å². The second kappa shape index (κ2) is 22.1. The number of benzene rings is 2. The zero-order valence-electron chi connectivity index (χ0n) is 28.2. The van der Waals surface area contributed by atoms with E-state index in [1.54, 1.807) is 18.2 Å². The zero-order chi connectivity index (χ0) is 33.0. The van der Waals surface area contributed by atoms with Crippen molar-refractivity contribution < 1.29 is 28.2 Å². The van der Waals surface area contributed by atoms with Crippen molar-refractivity contribution in [2.75, 3.05) is 6.61 Å². The molecule has 0 heterocycles. The smallest absolute Gasteiger partial charge is 0.345 e. The van der Waals surface area contributed by atoms with E-state index in [9.17, 15) is 14.0 Å². The Balaban J connectivity index is 1.30. The predicted octanol–water partition coefficient (Wildman–Crippen LogP) is 11.4. The van der Waals surface area contributed by atoms with E-state index in [2.05, 4.69) is 6.92 Å². The molecule has 0 radical (unpaired) electrons. The molecule has 1 saturated carbocycles. The molecule has 0 aliphatic heterocycles. The molecule has 0 amide bonds. The minimum Gasteiger partial charge on any atom is -0.494 e. The van der Waals surface area contributed by atoms with E-state index in [4.69, 9.17) is 25.8 Å². The third-order valence-corrected chi connectivity index (χ3v) is 9.36. The number of halogens is 2. The van der Waals surface area contributed by atoms with E-state index in [1.165, 1.54) is 56.9 Å². The maximum absolute atomic E-state index is 13.9. The van der Waals surface area contributed by atoms with Gasteiger partial charge in [-0.2, -0.15) is 0 Å². The van der Waals surface area contributed by atoms with E-state index in [1.807, 2.05) is 31.2 Å². The Morgan fingerprint density at radius 2 is 1.41 bits per heavy atom. The largest absolute Gasteiger partial charge is 0.494 e. The minimum absolute atomic E-state index is 0.163. The number of carbonyl (C=O) groups excluding carboxylic acids is 2. The van der Waals surface area contributed by atoms with Gasteiger partial charge in [0.25, 0.3) is 0 Å². The summed E-state index contributed by atoms with van der Waals surface area (Å²) in [6, 6.07) is 12.7. The van der Waals surface area contributed by atoms with Crippen LogP contribution in [0.3, 0.4) is 0 Å². The van der Waals surface area contributed by atoms with Gasteiger partial charge in [0.1, 0.15) is 17.6 Å². The number of carbonyl (C=O) groups is 2. The van der Waals surface area contributed by atoms with E-state index < -0.39 is 18.1 Å². The Morgan fingerprint density at radius 3 is 2.04 bits per heavy atom. The molecule has 1 aliphatic carbocycles. The number of unbranched alkanes of at least 4 members (excludes halogenated alkanes) is 10. The van der Waals surface area contributed by atoms with Gasteiger partial charge in [0.2, 0.25) is 0 Å². The first kappa shape index (κ1) is 37.9. The van der Waals surface area contributed by atoms with Gasteiger partial charge in [0, 0.05) is 0 Å². The molecule has 2 aromatic rings. The molecule has 3 rings (SSSR count). The fraction of sp³-hybridized carbons (Fsp3) is 0.641. The topological polar surface area (TPSA) is 61.8 Å². The molecule has 0 aromatic heterocycles. The maximum atomic E-state index is 13.9. The van der Waals surface area contributed by atoms with Gasteiger partial charge in [-0.3, -0.25) is 0 Å². The predicted molar refractivity (Wildman–Crippen MR) is 185 cm³/mol. The number of hydrogen-bond acceptors (Lipinski definition) is 5. The molecule has 5 nitrogen and oxygen atoms in total. The molecular weight excluding hydrogens is 603 g/mol. The van der Waals surface area contributed by atoms with Gasteiger partial charge in [0.05, 0.1) is 17.2 Å². The van der Waals surface area contributed by atoms with Gasteiger partial charge in [-0.15, -0.1) is 0 Å². The Hall–Kier alpha value is -2.60. The molecular formula is C39H56ClFO5. The molecule has 7 heteroatoms. The fourth-order valence-electron chi connectivity index (χ4n) is 6.07. The van der Waals surface area contributed by atoms with Crippen LogP contribution in [0.1, 0.15) is 145 Å². The first-order valence-electron chi connectivity index (χ1n) is 18.0. The number of ether oxygens (including phenoxy) is 3. The standard InChI is InChI=1S/C39H56ClFO5/c1-3-5-7-8-9-10-11-12-13-14-28-44-34-26-27-35(36(40)29-34)38(42)45-32-22-18-30(19-23-32)16-17-31-20-24-33(25-21-31)46-39(43)37(41)15-6-4-2/h18-19,22-23,26-27,29,31,33,37H,3-17,20-21,24-25,28H2,1-2H3/t31-,33-,37-/m1/s1. The van der Waals surface area contributed by atoms with Crippen LogP contribution in [0.25, 0.3) is 0 Å². The highest BCUT2D eigenvalue weighted by atomic mass is 35.5. The second-order valence-corrected chi connectivity index (χ2v) is 13.3. The highest BCUT2D eigenvalue weighted by molar-refractivity contribution is 6.33. The molecule has 0 unspecified atom stereocenters. The van der Waals surface area contributed by atoms with Crippen molar-refractivity contribution >= 4 is 23.5 Å². The maximum Gasteiger partial charge on any atom is 0.345 e. The van der Waals surface area contributed by atoms with Crippen molar-refractivity contribution in [3.8, 4) is 11.5 Å². The van der Waals surface area contributed by atoms with E-state index in [0.717, 1.165) is 57.8 Å². The Morgan fingerprint density at radius 1 is 0.804 bits per heavy atom. The second-order valence-electron chi connectivity index (χ2n) is 12.9. The highest BCUT2D eigenvalue weighted by Crippen LogP contribution is 2.31. The van der Waals surface area contributed by atoms with Gasteiger partial charge in [0.15, 0.2) is 6.17 Å². The van der Waals surface area contributed by atoms with Crippen LogP contribution in [0, 0.1) is 5.92 Å². The lowest BCUT2D eigenvalue weighted by atomic mass is 9.83. The van der Waals surface area contributed by atoms with Crippen molar-refractivity contribution in [3.63, 3.8) is 0 Å². The lowest BCUT2D eigenvalue weighted by Gasteiger charge is -2.28. The number of alkyl halides is 1. The first-order chi connectivity index (χ1) is 22.4. The van der Waals surface area contributed by atoms with E-state index >= 15 is 0 Å². The summed E-state index contributed by atoms with van der Waals surface area (Å²) in [5.41, 5.74) is 1.48. The van der Waals surface area contributed by atoms with Gasteiger partial charge in [-0.1, -0.05) is 108 Å². The quantitative estimate of drug-likeness (QED) is 0.0715. The van der Waals surface area contributed by atoms with Crippen LogP contribution in [0.15, 0.2) is 42.5 Å². The minimum atomic E-state index is -1.50. The first-order valence-corrected chi connectivity index (χ1v) is 18.3. The van der Waals surface area contributed by atoms with Crippen LogP contribution in [0.5, 0.6) is 11.5 Å². The van der Waals surface area contributed by atoms with Gasteiger partial charge < -0.3 is 14.2 Å². The average Bonchev–Trinajstić information content (AvgIpc) is 3.06. The van der Waals surface area contributed by atoms with Crippen LogP contribution >= 0.6 is 11.6 Å². The summed E-state index contributed by atoms with van der Waals surface area (Å²) in [6.45, 7) is 4.87. The summed E-state index contributed by atoms with van der Waals surface area (Å²) >= 11 is 6.42. The molecule has 256 valence electrons. The van der Waals surface area contributed by atoms with Crippen LogP contribution < -0.4 is 9.47 Å². The van der Waals surface area contributed by atoms with Gasteiger partial charge in [-0.05, 0) is 93.2 Å². The molecule has 0 bridgehead atoms. The van der Waals surface area contributed by atoms with E-state index in [-0.39, 0.29) is 12.5 Å². The number of aryl methyl sites for hydroxylation is 1. The number of esters is 2. The normalized spacial score (nSPS) is 17.0. The SMILES string of the molecule is CCCCCCCCCCCCOc1ccc(C(=O)Oc2ccc(CC[C@H]3CC[C@H](OC(=O)[C@H](F)CCCC)CC3)cc2)c(Cl)c1. The summed E-state index contributed by atoms with van der Waals surface area (Å²) < 4.78 is 30.8. The Kier molecular flexibility index (Phi) is 18.2. The number of rotatable bonds is 22. The molecule has 0 spiro atoms. The molecule has 46 heavy (non-hydrogen) atoms. The van der Waals surface area contributed by atoms with Crippen molar-refractivity contribution in [1.82, 2.24) is 0 Å². The summed E-state index contributed by atoms with van der Waals surface area (Å²) in [7, 11) is 0. The van der Waals surface area contributed by atoms with Gasteiger partial charge >= 0.3 is 11.9 Å². The van der Waals surface area contributed by atoms with Crippen molar-refractivity contribution in [1.29, 1.82) is 0 Å². The van der Waals surface area contributed by atoms with Crippen molar-refractivity contribution in [3.05, 3.63) is 58.6 Å². The summed E-state index contributed by atoms with van der Waals surface area (Å²) in [5.74, 6) is 0.491. The Bertz CT molecular complexity index is 1150. The van der Waals surface area contributed by atoms with Crippen LogP contribution in [-0.2, 0) is 16.0 Å². The molecule has 0 saturated heterocycles. The third-order valence-electron chi connectivity index (χ3n) is 9.05. The average molecular weight is 659 g/mol. The van der Waals surface area contributed by atoms with Crippen molar-refractivity contribution in [2.24, 2.45) is 5.92 Å². The summed E-state index contributed by atoms with van der Waals surface area (Å²) in [4.78, 5) is 24.8. The fourth-order valence-corrected chi connectivity index (χ4v) is 6.31. The number of hydrogen-bond donors (Lipinski definition) is 0. The lowest BCUT2D eigenvalue weighted by molar-refractivity contribution is -0.157. The van der Waals surface area contributed by atoms with Crippen molar-refractivity contribution in [2.45, 2.75) is 148 Å². The molecule has 0 N–H and O–H groups in total. The third kappa shape index (κ3) is 14.4. The molecule has 1 atom stereocenters. The molecule has 1 fully saturated rings. The van der Waals surface area contributed by atoms with Crippen LogP contribution in [0.2, 0.25) is 5.02 Å². The lowest BCUT2D eigenvalue weighted by Crippen LogP contribution is -2.29. The highest BCUT2D eigenvalue weighted by Gasteiger charge is 2.27. The van der Waals surface area contributed by atoms with E-state index in [0.29, 0.717) is 41.0 Å². The molecule has 2 aromatic carbocycles. The van der Waals surface area contributed by atoms with Crippen LogP contribution in [-0.4, -0.2) is 30.8 Å². The summed E-state index contributed by atoms with van der Waals surface area (Å²) in [6.07, 6.45) is 18.4. The van der Waals surface area contributed by atoms with Crippen LogP contribution in [0.4, 0.5) is 4.39 Å². The Labute approximate surface area is 281 Å².